The Kier molecular flexibility index (Phi) is 3.66. The van der Waals surface area contributed by atoms with Crippen LogP contribution < -0.4 is 5.73 Å². The van der Waals surface area contributed by atoms with Crippen LogP contribution in [0.15, 0.2) is 29.8 Å². The van der Waals surface area contributed by atoms with Gasteiger partial charge in [0.15, 0.2) is 0 Å². The van der Waals surface area contributed by atoms with E-state index in [2.05, 4.69) is 0 Å². The molecule has 0 atom stereocenters. The van der Waals surface area contributed by atoms with Crippen LogP contribution in [-0.4, -0.2) is 22.1 Å². The average molecular weight is 221 g/mol. The number of aromatic hydroxyl groups is 1. The van der Waals surface area contributed by atoms with E-state index >= 15 is 0 Å². The number of rotatable bonds is 4. The van der Waals surface area contributed by atoms with E-state index in [1.54, 1.807) is 12.1 Å². The number of phenolic OH excluding ortho intramolecular Hbond substituents is 1. The lowest BCUT2D eigenvalue weighted by Crippen LogP contribution is -2.16. The van der Waals surface area contributed by atoms with Crippen LogP contribution in [-0.2, 0) is 9.59 Å². The molecule has 5 heteroatoms. The maximum atomic E-state index is 11.0. The lowest BCUT2D eigenvalue weighted by Gasteiger charge is -2.00. The van der Waals surface area contributed by atoms with Gasteiger partial charge >= 0.3 is 5.97 Å². The van der Waals surface area contributed by atoms with Gasteiger partial charge in [-0.2, -0.15) is 0 Å². The van der Waals surface area contributed by atoms with Crippen LogP contribution >= 0.6 is 0 Å². The molecule has 16 heavy (non-hydrogen) atoms. The van der Waals surface area contributed by atoms with Gasteiger partial charge in [-0.05, 0) is 23.8 Å². The first-order valence-corrected chi connectivity index (χ1v) is 4.50. The maximum Gasteiger partial charge on any atom is 0.308 e. The zero-order valence-corrected chi connectivity index (χ0v) is 8.38. The number of phenols is 1. The third-order valence-corrected chi connectivity index (χ3v) is 1.87. The zero-order valence-electron chi connectivity index (χ0n) is 8.38. The first kappa shape index (κ1) is 11.8. The number of hydrogen-bond donors (Lipinski definition) is 3. The number of primary amides is 1. The molecule has 0 radical (unpaired) electrons. The predicted molar refractivity (Wildman–Crippen MR) is 57.5 cm³/mol. The molecular weight excluding hydrogens is 210 g/mol. The van der Waals surface area contributed by atoms with E-state index in [1.807, 2.05) is 0 Å². The van der Waals surface area contributed by atoms with Crippen LogP contribution in [0.5, 0.6) is 5.75 Å². The number of amides is 1. The Labute approximate surface area is 91.8 Å². The Morgan fingerprint density at radius 2 is 2.06 bits per heavy atom. The van der Waals surface area contributed by atoms with Gasteiger partial charge in [0, 0.05) is 5.57 Å². The number of carboxylic acids is 1. The van der Waals surface area contributed by atoms with Gasteiger partial charge in [-0.3, -0.25) is 9.59 Å². The van der Waals surface area contributed by atoms with Crippen LogP contribution in [0.1, 0.15) is 12.0 Å². The molecule has 4 N–H and O–H groups in total. The van der Waals surface area contributed by atoms with Crippen molar-refractivity contribution in [1.29, 1.82) is 0 Å². The first-order valence-electron chi connectivity index (χ1n) is 4.50. The molecule has 0 aliphatic heterocycles. The molecular formula is C11H11NO4. The minimum Gasteiger partial charge on any atom is -0.508 e. The molecule has 0 aliphatic carbocycles. The van der Waals surface area contributed by atoms with Gasteiger partial charge in [-0.25, -0.2) is 0 Å². The van der Waals surface area contributed by atoms with Crippen LogP contribution in [0.3, 0.4) is 0 Å². The standard InChI is InChI=1S/C11H11NO4/c12-11(16)8(6-10(14)15)4-7-2-1-3-9(13)5-7/h1-5,13H,6H2,(H2,12,16)(H,14,15). The highest BCUT2D eigenvalue weighted by atomic mass is 16.4. The molecule has 0 bridgehead atoms. The fourth-order valence-corrected chi connectivity index (χ4v) is 1.19. The topological polar surface area (TPSA) is 101 Å². The summed E-state index contributed by atoms with van der Waals surface area (Å²) in [6.07, 6.45) is 0.904. The normalized spacial score (nSPS) is 11.1. The monoisotopic (exact) mass is 221 g/mol. The molecule has 84 valence electrons. The number of carbonyl (C=O) groups is 2. The van der Waals surface area contributed by atoms with Gasteiger partial charge in [0.1, 0.15) is 5.75 Å². The largest absolute Gasteiger partial charge is 0.508 e. The van der Waals surface area contributed by atoms with Crippen LogP contribution in [0.4, 0.5) is 0 Å². The molecule has 1 aromatic carbocycles. The van der Waals surface area contributed by atoms with E-state index in [4.69, 9.17) is 10.8 Å². The van der Waals surface area contributed by atoms with Crippen LogP contribution in [0.25, 0.3) is 6.08 Å². The second-order valence-corrected chi connectivity index (χ2v) is 3.20. The third kappa shape index (κ3) is 3.45. The number of benzene rings is 1. The minimum absolute atomic E-state index is 0.0156. The van der Waals surface area contributed by atoms with Gasteiger partial charge < -0.3 is 15.9 Å². The molecule has 0 unspecified atom stereocenters. The number of aliphatic carboxylic acids is 1. The molecule has 0 aromatic heterocycles. The van der Waals surface area contributed by atoms with Gasteiger partial charge in [0.25, 0.3) is 0 Å². The van der Waals surface area contributed by atoms with Crippen molar-refractivity contribution in [3.05, 3.63) is 35.4 Å². The number of nitrogens with two attached hydrogens (primary N) is 1. The highest BCUT2D eigenvalue weighted by Crippen LogP contribution is 2.15. The van der Waals surface area contributed by atoms with Crippen molar-refractivity contribution in [2.75, 3.05) is 0 Å². The maximum absolute atomic E-state index is 11.0. The van der Waals surface area contributed by atoms with E-state index in [9.17, 15) is 14.7 Å². The number of carboxylic acid groups (broad SMARTS) is 1. The smallest absolute Gasteiger partial charge is 0.308 e. The van der Waals surface area contributed by atoms with Crippen LogP contribution in [0, 0.1) is 0 Å². The van der Waals surface area contributed by atoms with E-state index in [0.29, 0.717) is 5.56 Å². The van der Waals surface area contributed by atoms with Crippen molar-refractivity contribution < 1.29 is 19.8 Å². The van der Waals surface area contributed by atoms with Gasteiger partial charge in [-0.15, -0.1) is 0 Å². The van der Waals surface area contributed by atoms with Crippen molar-refractivity contribution in [2.24, 2.45) is 5.73 Å². The van der Waals surface area contributed by atoms with Gasteiger partial charge in [-0.1, -0.05) is 12.1 Å². The molecule has 0 aliphatic rings. The van der Waals surface area contributed by atoms with E-state index < -0.39 is 18.3 Å². The summed E-state index contributed by atoms with van der Waals surface area (Å²) in [5, 5.41) is 17.8. The fraction of sp³-hybridized carbons (Fsp3) is 0.0909. The van der Waals surface area contributed by atoms with Crippen molar-refractivity contribution in [3.8, 4) is 5.75 Å². The molecule has 0 saturated heterocycles. The molecule has 5 nitrogen and oxygen atoms in total. The summed E-state index contributed by atoms with van der Waals surface area (Å²) in [4.78, 5) is 21.4. The number of carbonyl (C=O) groups excluding carboxylic acids is 1. The molecule has 0 spiro atoms. The summed E-state index contributed by atoms with van der Waals surface area (Å²) >= 11 is 0. The molecule has 1 amide bonds. The summed E-state index contributed by atoms with van der Waals surface area (Å²) in [6.45, 7) is 0. The molecule has 0 saturated carbocycles. The van der Waals surface area contributed by atoms with Crippen molar-refractivity contribution in [2.45, 2.75) is 6.42 Å². The van der Waals surface area contributed by atoms with Crippen molar-refractivity contribution in [3.63, 3.8) is 0 Å². The molecule has 1 rings (SSSR count). The second-order valence-electron chi connectivity index (χ2n) is 3.20. The fourth-order valence-electron chi connectivity index (χ4n) is 1.19. The Morgan fingerprint density at radius 3 is 2.56 bits per heavy atom. The lowest BCUT2D eigenvalue weighted by molar-refractivity contribution is -0.136. The second kappa shape index (κ2) is 4.97. The Morgan fingerprint density at radius 1 is 1.38 bits per heavy atom. The highest BCUT2D eigenvalue weighted by Gasteiger charge is 2.09. The predicted octanol–water partition coefficient (Wildman–Crippen LogP) is 0.736. The Bertz CT molecular complexity index is 451. The Balaban J connectivity index is 3.02. The minimum atomic E-state index is -1.13. The summed E-state index contributed by atoms with van der Waals surface area (Å²) < 4.78 is 0. The summed E-state index contributed by atoms with van der Waals surface area (Å²) in [7, 11) is 0. The lowest BCUT2D eigenvalue weighted by atomic mass is 10.1. The van der Waals surface area contributed by atoms with Crippen molar-refractivity contribution >= 4 is 18.0 Å². The van der Waals surface area contributed by atoms with Gasteiger partial charge in [0.2, 0.25) is 5.91 Å². The first-order chi connectivity index (χ1) is 7.49. The summed E-state index contributed by atoms with van der Waals surface area (Å²) in [5.74, 6) is -1.89. The highest BCUT2D eigenvalue weighted by molar-refractivity contribution is 6.00. The molecule has 0 heterocycles. The Hall–Kier alpha value is -2.30. The number of hydrogen-bond acceptors (Lipinski definition) is 3. The van der Waals surface area contributed by atoms with E-state index in [-0.39, 0.29) is 11.3 Å². The zero-order chi connectivity index (χ0) is 12.1. The third-order valence-electron chi connectivity index (χ3n) is 1.87. The van der Waals surface area contributed by atoms with E-state index in [1.165, 1.54) is 18.2 Å². The quantitative estimate of drug-likeness (QED) is 0.652. The summed E-state index contributed by atoms with van der Waals surface area (Å²) in [5.41, 5.74) is 5.55. The van der Waals surface area contributed by atoms with Crippen molar-refractivity contribution in [1.82, 2.24) is 0 Å². The molecule has 1 aromatic rings. The van der Waals surface area contributed by atoms with E-state index in [0.717, 1.165) is 0 Å². The van der Waals surface area contributed by atoms with Gasteiger partial charge in [0.05, 0.1) is 6.42 Å². The van der Waals surface area contributed by atoms with Crippen LogP contribution in [0.2, 0.25) is 0 Å². The summed E-state index contributed by atoms with van der Waals surface area (Å²) in [6, 6.07) is 6.09. The SMILES string of the molecule is NC(=O)C(=Cc1cccc(O)c1)CC(=O)O. The molecule has 0 fully saturated rings. The average Bonchev–Trinajstić information content (AvgIpc) is 2.15.